The Hall–Kier alpha value is -2.62. The summed E-state index contributed by atoms with van der Waals surface area (Å²) in [5, 5.41) is 3.31. The minimum absolute atomic E-state index is 0.0156. The molecule has 33 heavy (non-hydrogen) atoms. The number of rotatable bonds is 5. The Kier molecular flexibility index (Phi) is 6.65. The van der Waals surface area contributed by atoms with Crippen molar-refractivity contribution in [3.8, 4) is 0 Å². The summed E-state index contributed by atoms with van der Waals surface area (Å²) < 4.78 is 39.5. The Labute approximate surface area is 201 Å². The quantitative estimate of drug-likeness (QED) is 0.225. The van der Waals surface area contributed by atoms with Gasteiger partial charge in [0.25, 0.3) is 0 Å². The second-order valence-corrected chi connectivity index (χ2v) is 9.94. The number of halogens is 4. The summed E-state index contributed by atoms with van der Waals surface area (Å²) in [6.07, 6.45) is -3.11. The predicted molar refractivity (Wildman–Crippen MR) is 127 cm³/mol. The number of carbonyl (C=O) groups is 1. The number of benzene rings is 2. The number of carbonyl (C=O) groups excluding carboxylic acids is 1. The first-order chi connectivity index (χ1) is 15.6. The fraction of sp³-hybridized carbons (Fsp3) is 0.174. The Bertz CT molecular complexity index is 1330. The van der Waals surface area contributed by atoms with Gasteiger partial charge in [-0.1, -0.05) is 53.7 Å². The normalized spacial score (nSPS) is 12.7. The van der Waals surface area contributed by atoms with Gasteiger partial charge in [-0.3, -0.25) is 4.79 Å². The maximum atomic E-state index is 13.3. The van der Waals surface area contributed by atoms with Crippen LogP contribution in [0, 0.1) is 13.8 Å². The molecule has 10 heteroatoms. The van der Waals surface area contributed by atoms with Gasteiger partial charge in [0, 0.05) is 10.3 Å². The van der Waals surface area contributed by atoms with Crippen LogP contribution in [0.4, 0.5) is 18.9 Å². The van der Waals surface area contributed by atoms with Gasteiger partial charge in [-0.25, -0.2) is 9.97 Å². The van der Waals surface area contributed by atoms with Crippen molar-refractivity contribution in [1.29, 1.82) is 0 Å². The van der Waals surface area contributed by atoms with E-state index in [1.165, 1.54) is 18.1 Å². The summed E-state index contributed by atoms with van der Waals surface area (Å²) in [6.45, 7) is 3.97. The van der Waals surface area contributed by atoms with Gasteiger partial charge in [0.2, 0.25) is 5.91 Å². The maximum Gasteiger partial charge on any atom is 0.416 e. The third-order valence-electron chi connectivity index (χ3n) is 5.05. The molecular formula is C23H17ClF3N3OS2. The molecule has 0 aliphatic heterocycles. The van der Waals surface area contributed by atoms with Crippen molar-refractivity contribution in [2.24, 2.45) is 0 Å². The number of aromatic nitrogens is 2. The largest absolute Gasteiger partial charge is 0.416 e. The van der Waals surface area contributed by atoms with Crippen LogP contribution in [0.2, 0.25) is 5.02 Å². The molecule has 1 amide bonds. The Morgan fingerprint density at radius 1 is 1.12 bits per heavy atom. The standard InChI is InChI=1S/C23H17ClF3N3OS2/c1-12-13(2)32-21-18(12)22(29-11-28-21)33-19(14-6-4-3-5-7-14)20(31)30-17-10-15(23(25,26)27)8-9-16(17)24/h3-11,19H,1-2H3,(H,30,31)/t19-/m0/s1. The number of aryl methyl sites for hydroxylation is 2. The van der Waals surface area contributed by atoms with Crippen molar-refractivity contribution in [2.45, 2.75) is 30.3 Å². The summed E-state index contributed by atoms with van der Waals surface area (Å²) in [5.74, 6) is -0.510. The van der Waals surface area contributed by atoms with Crippen molar-refractivity contribution in [2.75, 3.05) is 5.32 Å². The zero-order valence-electron chi connectivity index (χ0n) is 17.4. The number of nitrogens with zero attached hydrogens (tertiary/aromatic N) is 2. The summed E-state index contributed by atoms with van der Waals surface area (Å²) in [7, 11) is 0. The first kappa shape index (κ1) is 23.5. The molecule has 2 heterocycles. The van der Waals surface area contributed by atoms with Crippen LogP contribution in [0.25, 0.3) is 10.2 Å². The lowest BCUT2D eigenvalue weighted by atomic mass is 10.1. The molecule has 170 valence electrons. The zero-order chi connectivity index (χ0) is 23.8. The van der Waals surface area contributed by atoms with Crippen LogP contribution in [0.3, 0.4) is 0 Å². The van der Waals surface area contributed by atoms with Crippen molar-refractivity contribution in [3.05, 3.63) is 81.4 Å². The van der Waals surface area contributed by atoms with E-state index in [0.717, 1.165) is 38.9 Å². The van der Waals surface area contributed by atoms with Crippen molar-refractivity contribution in [3.63, 3.8) is 0 Å². The number of hydrogen-bond donors (Lipinski definition) is 1. The van der Waals surface area contributed by atoms with Gasteiger partial charge in [0.05, 0.1) is 16.3 Å². The van der Waals surface area contributed by atoms with Crippen molar-refractivity contribution in [1.82, 2.24) is 9.97 Å². The molecule has 0 radical (unpaired) electrons. The molecule has 2 aromatic heterocycles. The van der Waals surface area contributed by atoms with Crippen LogP contribution in [0.1, 0.15) is 26.8 Å². The molecule has 0 saturated heterocycles. The van der Waals surface area contributed by atoms with E-state index in [1.54, 1.807) is 35.6 Å². The third kappa shape index (κ3) is 5.00. The molecule has 4 aromatic rings. The van der Waals surface area contributed by atoms with E-state index in [0.29, 0.717) is 10.6 Å². The van der Waals surface area contributed by atoms with Gasteiger partial charge in [0.15, 0.2) is 0 Å². The highest BCUT2D eigenvalue weighted by Crippen LogP contribution is 2.42. The van der Waals surface area contributed by atoms with E-state index in [1.807, 2.05) is 19.9 Å². The molecule has 0 spiro atoms. The summed E-state index contributed by atoms with van der Waals surface area (Å²) >= 11 is 8.86. The SMILES string of the molecule is Cc1sc2ncnc(S[C@H](C(=O)Nc3cc(C(F)(F)F)ccc3Cl)c3ccccc3)c2c1C. The molecule has 0 aliphatic carbocycles. The van der Waals surface area contributed by atoms with E-state index in [9.17, 15) is 18.0 Å². The monoisotopic (exact) mass is 507 g/mol. The van der Waals surface area contributed by atoms with Crippen LogP contribution in [-0.4, -0.2) is 15.9 Å². The predicted octanol–water partition coefficient (Wildman–Crippen LogP) is 7.45. The van der Waals surface area contributed by atoms with Gasteiger partial charge in [-0.05, 0) is 43.2 Å². The smallest absolute Gasteiger partial charge is 0.323 e. The highest BCUT2D eigenvalue weighted by atomic mass is 35.5. The number of alkyl halides is 3. The fourth-order valence-electron chi connectivity index (χ4n) is 3.25. The Balaban J connectivity index is 1.72. The molecular weight excluding hydrogens is 491 g/mol. The molecule has 0 fully saturated rings. The molecule has 4 nitrogen and oxygen atoms in total. The lowest BCUT2D eigenvalue weighted by Crippen LogP contribution is -2.20. The topological polar surface area (TPSA) is 54.9 Å². The summed E-state index contributed by atoms with van der Waals surface area (Å²) in [6, 6.07) is 11.8. The number of thioether (sulfide) groups is 1. The third-order valence-corrected chi connectivity index (χ3v) is 7.75. The number of hydrogen-bond acceptors (Lipinski definition) is 5. The fourth-order valence-corrected chi connectivity index (χ4v) is 5.63. The van der Waals surface area contributed by atoms with Gasteiger partial charge in [-0.15, -0.1) is 11.3 Å². The average molecular weight is 508 g/mol. The first-order valence-corrected chi connectivity index (χ1v) is 11.8. The second kappa shape index (κ2) is 9.32. The van der Waals surface area contributed by atoms with Crippen molar-refractivity contribution >= 4 is 56.5 Å². The minimum Gasteiger partial charge on any atom is -0.323 e. The van der Waals surface area contributed by atoms with Gasteiger partial charge in [-0.2, -0.15) is 13.2 Å². The number of thiophene rings is 1. The van der Waals surface area contributed by atoms with Crippen LogP contribution >= 0.6 is 34.7 Å². The molecule has 0 saturated carbocycles. The molecule has 1 N–H and O–H groups in total. The van der Waals surface area contributed by atoms with Crippen LogP contribution in [0.5, 0.6) is 0 Å². The van der Waals surface area contributed by atoms with Gasteiger partial charge < -0.3 is 5.32 Å². The highest BCUT2D eigenvalue weighted by Gasteiger charge is 2.32. The van der Waals surface area contributed by atoms with E-state index in [4.69, 9.17) is 11.6 Å². The molecule has 0 unspecified atom stereocenters. The maximum absolute atomic E-state index is 13.3. The molecule has 2 aromatic carbocycles. The first-order valence-electron chi connectivity index (χ1n) is 9.75. The second-order valence-electron chi connectivity index (χ2n) is 7.23. The van der Waals surface area contributed by atoms with Gasteiger partial charge in [0.1, 0.15) is 21.4 Å². The average Bonchev–Trinajstić information content (AvgIpc) is 3.07. The zero-order valence-corrected chi connectivity index (χ0v) is 19.8. The minimum atomic E-state index is -4.56. The van der Waals surface area contributed by atoms with Crippen molar-refractivity contribution < 1.29 is 18.0 Å². The van der Waals surface area contributed by atoms with Gasteiger partial charge >= 0.3 is 6.18 Å². The lowest BCUT2D eigenvalue weighted by molar-refractivity contribution is -0.137. The molecule has 4 rings (SSSR count). The van der Waals surface area contributed by atoms with E-state index < -0.39 is 22.9 Å². The van der Waals surface area contributed by atoms with E-state index in [-0.39, 0.29) is 10.7 Å². The van der Waals surface area contributed by atoms with E-state index >= 15 is 0 Å². The van der Waals surface area contributed by atoms with E-state index in [2.05, 4.69) is 15.3 Å². The lowest BCUT2D eigenvalue weighted by Gasteiger charge is -2.18. The number of nitrogens with one attached hydrogen (secondary N) is 1. The highest BCUT2D eigenvalue weighted by molar-refractivity contribution is 8.00. The van der Waals surface area contributed by atoms with Crippen LogP contribution < -0.4 is 5.32 Å². The molecule has 0 aliphatic rings. The van der Waals surface area contributed by atoms with Crippen LogP contribution in [0.15, 0.2) is 59.9 Å². The number of amides is 1. The molecule has 0 bridgehead atoms. The number of fused-ring (bicyclic) bond motifs is 1. The Morgan fingerprint density at radius 2 is 1.85 bits per heavy atom. The summed E-state index contributed by atoms with van der Waals surface area (Å²) in [5.41, 5.74) is 0.715. The number of anilines is 1. The summed E-state index contributed by atoms with van der Waals surface area (Å²) in [4.78, 5) is 24.0. The Morgan fingerprint density at radius 3 is 2.55 bits per heavy atom. The molecule has 1 atom stereocenters. The van der Waals surface area contributed by atoms with Crippen LogP contribution in [-0.2, 0) is 11.0 Å².